The second-order valence-corrected chi connectivity index (χ2v) is 7.57. The van der Waals surface area contributed by atoms with Gasteiger partial charge in [-0.05, 0) is 68.1 Å². The van der Waals surface area contributed by atoms with E-state index < -0.39 is 24.0 Å². The Bertz CT molecular complexity index is 1060. The molecule has 0 aliphatic rings. The molecule has 0 saturated carbocycles. The van der Waals surface area contributed by atoms with Crippen LogP contribution in [0.4, 0.5) is 11.5 Å². The Balaban J connectivity index is 0.000000365. The lowest BCUT2D eigenvalue weighted by Crippen LogP contribution is -2.30. The predicted molar refractivity (Wildman–Crippen MR) is 129 cm³/mol. The second-order valence-electron chi connectivity index (χ2n) is 7.57. The van der Waals surface area contributed by atoms with Gasteiger partial charge in [0.05, 0.1) is 5.52 Å². The Hall–Kier alpha value is -3.53. The predicted octanol–water partition coefficient (Wildman–Crippen LogP) is 2.46. The number of aromatic nitrogens is 1. The van der Waals surface area contributed by atoms with Gasteiger partial charge in [0.25, 0.3) is 0 Å². The molecule has 0 fully saturated rings. The summed E-state index contributed by atoms with van der Waals surface area (Å²) in [7, 11) is 0. The third-order valence-corrected chi connectivity index (χ3v) is 4.90. The summed E-state index contributed by atoms with van der Waals surface area (Å²) in [6.45, 7) is 0.501. The zero-order valence-electron chi connectivity index (χ0n) is 18.4. The molecule has 9 heteroatoms. The largest absolute Gasteiger partial charge is 0.480 e. The summed E-state index contributed by atoms with van der Waals surface area (Å²) in [6.07, 6.45) is 2.17. The lowest BCUT2D eigenvalue weighted by molar-refractivity contribution is -0.139. The highest BCUT2D eigenvalue weighted by Crippen LogP contribution is 2.20. The van der Waals surface area contributed by atoms with Crippen LogP contribution >= 0.6 is 0 Å². The fourth-order valence-electron chi connectivity index (χ4n) is 3.00. The van der Waals surface area contributed by atoms with Crippen molar-refractivity contribution in [2.45, 2.75) is 37.8 Å². The van der Waals surface area contributed by atoms with E-state index in [0.717, 1.165) is 28.0 Å². The molecule has 9 nitrogen and oxygen atoms in total. The van der Waals surface area contributed by atoms with Crippen LogP contribution in [-0.4, -0.2) is 45.8 Å². The molecule has 1 aromatic heterocycles. The van der Waals surface area contributed by atoms with E-state index in [-0.39, 0.29) is 0 Å². The molecule has 176 valence electrons. The number of hydrogen-bond donors (Lipinski definition) is 6. The van der Waals surface area contributed by atoms with E-state index >= 15 is 0 Å². The van der Waals surface area contributed by atoms with Crippen LogP contribution in [0.3, 0.4) is 0 Å². The number of hydrogen-bond acceptors (Lipinski definition) is 7. The standard InChI is InChI=1S/C19H19N3O2.C5H12N2O2/c20-16(19(23)24)10-8-13-4-3-6-15(12-13)21-18-11-9-14-5-1-2-7-17(14)22-18;6-3-1-2-4(7)5(8)9/h1-7,9,11-12,16H,8,10,20H2,(H,21,22)(H,23,24);4H,1-3,6-7H2,(H,8,9)/t16-;4-/m11/s1. The van der Waals surface area contributed by atoms with E-state index in [4.69, 9.17) is 27.4 Å². The van der Waals surface area contributed by atoms with Gasteiger partial charge in [-0.1, -0.05) is 30.3 Å². The van der Waals surface area contributed by atoms with Gasteiger partial charge in [-0.25, -0.2) is 4.98 Å². The number of nitrogens with two attached hydrogens (primary N) is 3. The SMILES string of the molecule is NCCC[C@@H](N)C(=O)O.N[C@H](CCc1cccc(Nc2ccc3ccccc3n2)c1)C(=O)O. The van der Waals surface area contributed by atoms with Crippen LogP contribution in [0.25, 0.3) is 10.9 Å². The van der Waals surface area contributed by atoms with Crippen molar-refractivity contribution in [3.05, 3.63) is 66.2 Å². The molecule has 0 bridgehead atoms. The van der Waals surface area contributed by atoms with Crippen molar-refractivity contribution in [1.29, 1.82) is 0 Å². The van der Waals surface area contributed by atoms with Gasteiger partial charge in [-0.3, -0.25) is 9.59 Å². The maximum absolute atomic E-state index is 10.8. The van der Waals surface area contributed by atoms with Gasteiger partial charge in [0.1, 0.15) is 17.9 Å². The quantitative estimate of drug-likeness (QED) is 0.269. The van der Waals surface area contributed by atoms with Gasteiger partial charge in [0.15, 0.2) is 0 Å². The lowest BCUT2D eigenvalue weighted by Gasteiger charge is -2.10. The number of nitrogens with one attached hydrogen (secondary N) is 1. The van der Waals surface area contributed by atoms with Crippen LogP contribution in [0.15, 0.2) is 60.7 Å². The van der Waals surface area contributed by atoms with Crippen molar-refractivity contribution in [2.75, 3.05) is 11.9 Å². The zero-order chi connectivity index (χ0) is 24.2. The first-order valence-electron chi connectivity index (χ1n) is 10.7. The fraction of sp³-hybridized carbons (Fsp3) is 0.292. The van der Waals surface area contributed by atoms with Crippen molar-refractivity contribution in [1.82, 2.24) is 4.98 Å². The monoisotopic (exact) mass is 453 g/mol. The number of carboxylic acids is 2. The summed E-state index contributed by atoms with van der Waals surface area (Å²) in [5.74, 6) is -1.15. The fourth-order valence-corrected chi connectivity index (χ4v) is 3.00. The molecule has 33 heavy (non-hydrogen) atoms. The highest BCUT2D eigenvalue weighted by Gasteiger charge is 2.11. The van der Waals surface area contributed by atoms with E-state index in [1.54, 1.807) is 0 Å². The molecule has 2 atom stereocenters. The van der Waals surface area contributed by atoms with E-state index in [9.17, 15) is 9.59 Å². The summed E-state index contributed by atoms with van der Waals surface area (Å²) >= 11 is 0. The topological polar surface area (TPSA) is 178 Å². The number of aryl methyl sites for hydroxylation is 1. The Morgan fingerprint density at radius 2 is 1.61 bits per heavy atom. The number of fused-ring (bicyclic) bond motifs is 1. The normalized spacial score (nSPS) is 12.3. The molecule has 3 aromatic rings. The van der Waals surface area contributed by atoms with Gasteiger partial charge >= 0.3 is 11.9 Å². The Kier molecular flexibility index (Phi) is 10.2. The first kappa shape index (κ1) is 25.7. The van der Waals surface area contributed by atoms with Gasteiger partial charge in [-0.15, -0.1) is 0 Å². The average Bonchev–Trinajstić information content (AvgIpc) is 2.81. The smallest absolute Gasteiger partial charge is 0.320 e. The molecule has 0 unspecified atom stereocenters. The first-order valence-corrected chi connectivity index (χ1v) is 10.7. The number of nitrogens with zero attached hydrogens (tertiary/aromatic N) is 1. The molecule has 0 amide bonds. The Labute approximate surface area is 192 Å². The van der Waals surface area contributed by atoms with Crippen LogP contribution < -0.4 is 22.5 Å². The average molecular weight is 454 g/mol. The van der Waals surface area contributed by atoms with E-state index in [1.165, 1.54) is 0 Å². The van der Waals surface area contributed by atoms with Crippen molar-refractivity contribution in [3.63, 3.8) is 0 Å². The number of pyridine rings is 1. The number of anilines is 2. The van der Waals surface area contributed by atoms with Gasteiger partial charge in [-0.2, -0.15) is 0 Å². The first-order chi connectivity index (χ1) is 15.8. The molecule has 0 aliphatic carbocycles. The molecule has 2 aromatic carbocycles. The molecule has 0 saturated heterocycles. The molecule has 3 rings (SSSR count). The molecule has 9 N–H and O–H groups in total. The highest BCUT2D eigenvalue weighted by atomic mass is 16.4. The summed E-state index contributed by atoms with van der Waals surface area (Å²) < 4.78 is 0. The molecular weight excluding hydrogens is 422 g/mol. The maximum Gasteiger partial charge on any atom is 0.320 e. The minimum Gasteiger partial charge on any atom is -0.480 e. The van der Waals surface area contributed by atoms with Gasteiger partial charge in [0.2, 0.25) is 0 Å². The van der Waals surface area contributed by atoms with Crippen LogP contribution in [-0.2, 0) is 16.0 Å². The number of carbonyl (C=O) groups is 2. The van der Waals surface area contributed by atoms with Crippen molar-refractivity contribution < 1.29 is 19.8 Å². The molecule has 0 aliphatic heterocycles. The molecule has 1 heterocycles. The van der Waals surface area contributed by atoms with Crippen LogP contribution in [0.5, 0.6) is 0 Å². The van der Waals surface area contributed by atoms with E-state index in [0.29, 0.717) is 32.2 Å². The lowest BCUT2D eigenvalue weighted by atomic mass is 10.1. The minimum atomic E-state index is -0.968. The number of benzene rings is 2. The van der Waals surface area contributed by atoms with Gasteiger partial charge < -0.3 is 32.7 Å². The molecule has 0 spiro atoms. The zero-order valence-corrected chi connectivity index (χ0v) is 18.4. The third-order valence-electron chi connectivity index (χ3n) is 4.90. The van der Waals surface area contributed by atoms with Crippen molar-refractivity contribution in [3.8, 4) is 0 Å². The van der Waals surface area contributed by atoms with Crippen molar-refractivity contribution >= 4 is 34.3 Å². The number of rotatable bonds is 10. The third kappa shape index (κ3) is 8.85. The number of para-hydroxylation sites is 1. The number of carboxylic acid groups (broad SMARTS) is 2. The summed E-state index contributed by atoms with van der Waals surface area (Å²) in [6, 6.07) is 18.2. The second kappa shape index (κ2) is 13.1. The van der Waals surface area contributed by atoms with Crippen molar-refractivity contribution in [2.24, 2.45) is 17.2 Å². The highest BCUT2D eigenvalue weighted by molar-refractivity contribution is 5.80. The Morgan fingerprint density at radius 1 is 0.909 bits per heavy atom. The van der Waals surface area contributed by atoms with Crippen LogP contribution in [0, 0.1) is 0 Å². The van der Waals surface area contributed by atoms with Gasteiger partial charge in [0, 0.05) is 11.1 Å². The molecular formula is C24H31N5O4. The van der Waals surface area contributed by atoms with E-state index in [1.807, 2.05) is 60.7 Å². The Morgan fingerprint density at radius 3 is 2.30 bits per heavy atom. The number of aliphatic carboxylic acids is 2. The van der Waals surface area contributed by atoms with Crippen LogP contribution in [0.1, 0.15) is 24.8 Å². The summed E-state index contributed by atoms with van der Waals surface area (Å²) in [4.78, 5) is 25.4. The van der Waals surface area contributed by atoms with Crippen LogP contribution in [0.2, 0.25) is 0 Å². The molecule has 0 radical (unpaired) electrons. The summed E-state index contributed by atoms with van der Waals surface area (Å²) in [5.41, 5.74) is 18.7. The minimum absolute atomic E-state index is 0.410. The summed E-state index contributed by atoms with van der Waals surface area (Å²) in [5, 5.41) is 21.5. The maximum atomic E-state index is 10.8. The van der Waals surface area contributed by atoms with E-state index in [2.05, 4.69) is 10.3 Å².